The molecule has 2 aromatic rings. The van der Waals surface area contributed by atoms with Crippen LogP contribution in [-0.2, 0) is 4.79 Å². The molecule has 26 heavy (non-hydrogen) atoms. The van der Waals surface area contributed by atoms with Crippen LogP contribution >= 0.6 is 11.6 Å². The number of hydrogen-bond acceptors (Lipinski definition) is 4. The van der Waals surface area contributed by atoms with E-state index in [9.17, 15) is 4.79 Å². The van der Waals surface area contributed by atoms with E-state index in [-0.39, 0.29) is 11.9 Å². The quantitative estimate of drug-likeness (QED) is 0.807. The van der Waals surface area contributed by atoms with Gasteiger partial charge in [0.2, 0.25) is 5.91 Å². The Hall–Kier alpha value is -1.98. The van der Waals surface area contributed by atoms with Crippen LogP contribution < -0.4 is 0 Å². The predicted octanol–water partition coefficient (Wildman–Crippen LogP) is 3.41. The third kappa shape index (κ3) is 4.59. The maximum absolute atomic E-state index is 12.3. The summed E-state index contributed by atoms with van der Waals surface area (Å²) in [6.45, 7) is 7.32. The highest BCUT2D eigenvalue weighted by atomic mass is 35.5. The van der Waals surface area contributed by atoms with E-state index in [0.29, 0.717) is 12.3 Å². The summed E-state index contributed by atoms with van der Waals surface area (Å²) in [6, 6.07) is 7.99. The lowest BCUT2D eigenvalue weighted by atomic mass is 9.98. The van der Waals surface area contributed by atoms with Gasteiger partial charge >= 0.3 is 0 Å². The van der Waals surface area contributed by atoms with E-state index in [1.807, 2.05) is 29.4 Å². The Balaban J connectivity index is 1.77. The molecule has 1 atom stereocenters. The van der Waals surface area contributed by atoms with Gasteiger partial charge in [0.05, 0.1) is 6.04 Å². The Morgan fingerprint density at radius 1 is 1.04 bits per heavy atom. The van der Waals surface area contributed by atoms with E-state index in [2.05, 4.69) is 40.8 Å². The molecule has 138 valence electrons. The van der Waals surface area contributed by atoms with Gasteiger partial charge in [0.15, 0.2) is 0 Å². The first-order valence-electron chi connectivity index (χ1n) is 9.07. The molecule has 1 aromatic heterocycles. The van der Waals surface area contributed by atoms with Crippen molar-refractivity contribution in [2.75, 3.05) is 26.2 Å². The van der Waals surface area contributed by atoms with Crippen LogP contribution in [0.15, 0.2) is 43.0 Å². The monoisotopic (exact) mass is 372 g/mol. The number of carbonyl (C=O) groups excluding carboxylic acids is 1. The van der Waals surface area contributed by atoms with Crippen LogP contribution in [0.3, 0.4) is 0 Å². The Labute approximate surface area is 160 Å². The fourth-order valence-electron chi connectivity index (χ4n) is 3.42. The van der Waals surface area contributed by atoms with Crippen LogP contribution in [0, 0.1) is 5.92 Å². The first-order chi connectivity index (χ1) is 12.5. The molecule has 3 rings (SSSR count). The van der Waals surface area contributed by atoms with Gasteiger partial charge in [-0.3, -0.25) is 9.69 Å². The number of rotatable bonds is 5. The molecule has 1 fully saturated rings. The molecule has 1 aromatic carbocycles. The van der Waals surface area contributed by atoms with Gasteiger partial charge in [0.25, 0.3) is 0 Å². The van der Waals surface area contributed by atoms with Crippen molar-refractivity contribution < 1.29 is 4.79 Å². The van der Waals surface area contributed by atoms with Crippen LogP contribution in [0.25, 0.3) is 0 Å². The number of hydrogen-bond donors (Lipinski definition) is 0. The predicted molar refractivity (Wildman–Crippen MR) is 103 cm³/mol. The molecule has 0 spiro atoms. The van der Waals surface area contributed by atoms with Gasteiger partial charge in [0.1, 0.15) is 6.33 Å². The van der Waals surface area contributed by atoms with Crippen molar-refractivity contribution >= 4 is 17.5 Å². The topological polar surface area (TPSA) is 49.3 Å². The normalized spacial score (nSPS) is 16.7. The SMILES string of the molecule is CC(C)CC(=O)N1CCN(C(c2ccc(Cl)cc2)c2cncnc2)CC1. The number of halogens is 1. The summed E-state index contributed by atoms with van der Waals surface area (Å²) < 4.78 is 0. The fourth-order valence-corrected chi connectivity index (χ4v) is 3.54. The summed E-state index contributed by atoms with van der Waals surface area (Å²) in [6.07, 6.45) is 5.89. The van der Waals surface area contributed by atoms with E-state index in [4.69, 9.17) is 11.6 Å². The lowest BCUT2D eigenvalue weighted by Crippen LogP contribution is -2.50. The number of benzene rings is 1. The molecule has 1 amide bonds. The number of aromatic nitrogens is 2. The molecule has 5 nitrogen and oxygen atoms in total. The first kappa shape index (κ1) is 18.8. The maximum atomic E-state index is 12.3. The average Bonchev–Trinajstić information content (AvgIpc) is 2.64. The molecular formula is C20H25ClN4O. The molecule has 6 heteroatoms. The van der Waals surface area contributed by atoms with Gasteiger partial charge in [-0.25, -0.2) is 9.97 Å². The molecule has 0 bridgehead atoms. The standard InChI is InChI=1S/C20H25ClN4O/c1-15(2)11-19(26)24-7-9-25(10-8-24)20(17-12-22-14-23-13-17)16-3-5-18(21)6-4-16/h3-6,12-15,20H,7-11H2,1-2H3. The zero-order valence-electron chi connectivity index (χ0n) is 15.3. The van der Waals surface area contributed by atoms with Crippen LogP contribution in [0.5, 0.6) is 0 Å². The third-order valence-corrected chi connectivity index (χ3v) is 4.95. The summed E-state index contributed by atoms with van der Waals surface area (Å²) in [4.78, 5) is 25.1. The molecule has 1 unspecified atom stereocenters. The lowest BCUT2D eigenvalue weighted by Gasteiger charge is -2.39. The summed E-state index contributed by atoms with van der Waals surface area (Å²) in [5.74, 6) is 0.648. The smallest absolute Gasteiger partial charge is 0.222 e. The largest absolute Gasteiger partial charge is 0.340 e. The zero-order valence-corrected chi connectivity index (χ0v) is 16.1. The Morgan fingerprint density at radius 2 is 1.65 bits per heavy atom. The van der Waals surface area contributed by atoms with Crippen molar-refractivity contribution in [3.05, 3.63) is 59.1 Å². The molecular weight excluding hydrogens is 348 g/mol. The molecule has 1 saturated heterocycles. The number of nitrogens with zero attached hydrogens (tertiary/aromatic N) is 4. The van der Waals surface area contributed by atoms with Crippen molar-refractivity contribution in [3.63, 3.8) is 0 Å². The Morgan fingerprint density at radius 3 is 2.23 bits per heavy atom. The molecule has 0 saturated carbocycles. The van der Waals surface area contributed by atoms with E-state index in [1.165, 1.54) is 0 Å². The van der Waals surface area contributed by atoms with E-state index in [0.717, 1.165) is 42.3 Å². The zero-order chi connectivity index (χ0) is 18.5. The summed E-state index contributed by atoms with van der Waals surface area (Å²) in [5, 5.41) is 0.723. The molecule has 0 N–H and O–H groups in total. The summed E-state index contributed by atoms with van der Waals surface area (Å²) in [7, 11) is 0. The van der Waals surface area contributed by atoms with Crippen molar-refractivity contribution in [2.24, 2.45) is 5.92 Å². The number of amides is 1. The minimum absolute atomic E-state index is 0.0656. The molecule has 0 aliphatic carbocycles. The van der Waals surface area contributed by atoms with Gasteiger partial charge in [-0.2, -0.15) is 0 Å². The second kappa shape index (κ2) is 8.60. The molecule has 1 aliphatic heterocycles. The third-order valence-electron chi connectivity index (χ3n) is 4.70. The second-order valence-corrected chi connectivity index (χ2v) is 7.58. The van der Waals surface area contributed by atoms with Crippen molar-refractivity contribution in [1.82, 2.24) is 19.8 Å². The van der Waals surface area contributed by atoms with E-state index in [1.54, 1.807) is 6.33 Å². The highest BCUT2D eigenvalue weighted by Crippen LogP contribution is 2.29. The van der Waals surface area contributed by atoms with Crippen molar-refractivity contribution in [1.29, 1.82) is 0 Å². The first-order valence-corrected chi connectivity index (χ1v) is 9.44. The van der Waals surface area contributed by atoms with Crippen LogP contribution in [0.2, 0.25) is 5.02 Å². The summed E-state index contributed by atoms with van der Waals surface area (Å²) >= 11 is 6.06. The molecule has 2 heterocycles. The highest BCUT2D eigenvalue weighted by Gasteiger charge is 2.28. The van der Waals surface area contributed by atoms with Crippen LogP contribution in [0.4, 0.5) is 0 Å². The average molecular weight is 373 g/mol. The minimum Gasteiger partial charge on any atom is -0.340 e. The number of piperazine rings is 1. The van der Waals surface area contributed by atoms with Crippen LogP contribution in [0.1, 0.15) is 37.4 Å². The van der Waals surface area contributed by atoms with Crippen LogP contribution in [-0.4, -0.2) is 51.9 Å². The second-order valence-electron chi connectivity index (χ2n) is 7.14. The number of carbonyl (C=O) groups is 1. The molecule has 1 aliphatic rings. The Kier molecular flexibility index (Phi) is 6.22. The highest BCUT2D eigenvalue weighted by molar-refractivity contribution is 6.30. The van der Waals surface area contributed by atoms with Gasteiger partial charge in [0, 0.05) is 55.6 Å². The molecule has 0 radical (unpaired) electrons. The summed E-state index contributed by atoms with van der Waals surface area (Å²) in [5.41, 5.74) is 2.21. The van der Waals surface area contributed by atoms with Crippen molar-refractivity contribution in [2.45, 2.75) is 26.3 Å². The lowest BCUT2D eigenvalue weighted by molar-refractivity contribution is -0.133. The Bertz CT molecular complexity index is 712. The van der Waals surface area contributed by atoms with E-state index >= 15 is 0 Å². The van der Waals surface area contributed by atoms with E-state index < -0.39 is 0 Å². The van der Waals surface area contributed by atoms with Gasteiger partial charge in [-0.05, 0) is 23.6 Å². The minimum atomic E-state index is 0.0656. The van der Waals surface area contributed by atoms with Gasteiger partial charge in [-0.15, -0.1) is 0 Å². The van der Waals surface area contributed by atoms with Gasteiger partial charge < -0.3 is 4.90 Å². The van der Waals surface area contributed by atoms with Gasteiger partial charge in [-0.1, -0.05) is 37.6 Å². The van der Waals surface area contributed by atoms with Crippen molar-refractivity contribution in [3.8, 4) is 0 Å². The maximum Gasteiger partial charge on any atom is 0.222 e. The fraction of sp³-hybridized carbons (Fsp3) is 0.450.